The van der Waals surface area contributed by atoms with E-state index in [0.717, 1.165) is 51.5 Å². The summed E-state index contributed by atoms with van der Waals surface area (Å²) in [5.74, 6) is 1.63. The quantitative estimate of drug-likeness (QED) is 0.768. The first-order valence-electron chi connectivity index (χ1n) is 8.74. The molecule has 7 heteroatoms. The summed E-state index contributed by atoms with van der Waals surface area (Å²) in [7, 11) is 0. The van der Waals surface area contributed by atoms with Crippen molar-refractivity contribution in [3.63, 3.8) is 0 Å². The third-order valence-electron chi connectivity index (χ3n) is 4.84. The van der Waals surface area contributed by atoms with Crippen molar-refractivity contribution >= 4 is 12.6 Å². The highest BCUT2D eigenvalue weighted by atomic mass is 16.5. The molecule has 1 amide bonds. The number of amides is 1. The maximum absolute atomic E-state index is 12.8. The number of aromatic nitrogens is 2. The van der Waals surface area contributed by atoms with Gasteiger partial charge >= 0.3 is 0 Å². The molecule has 1 aromatic heterocycles. The Kier molecular flexibility index (Phi) is 5.30. The number of rotatable bonds is 5. The van der Waals surface area contributed by atoms with Gasteiger partial charge in [-0.05, 0) is 18.8 Å². The first-order valence-corrected chi connectivity index (χ1v) is 8.74. The van der Waals surface area contributed by atoms with Gasteiger partial charge in [0.2, 0.25) is 0 Å². The molecule has 0 aromatic carbocycles. The number of carbonyl (C=O) groups excluding carboxylic acids is 1. The Bertz CT molecular complexity index is 592. The van der Waals surface area contributed by atoms with Crippen LogP contribution in [0.15, 0.2) is 11.3 Å². The lowest BCUT2D eigenvalue weighted by Gasteiger charge is -2.26. The van der Waals surface area contributed by atoms with E-state index in [2.05, 4.69) is 21.7 Å². The fourth-order valence-electron chi connectivity index (χ4n) is 3.46. The largest absolute Gasteiger partial charge is 0.381 e. The molecule has 2 aliphatic heterocycles. The van der Waals surface area contributed by atoms with E-state index in [0.29, 0.717) is 18.3 Å². The molecule has 0 radical (unpaired) electrons. The molecule has 1 aromatic rings. The van der Waals surface area contributed by atoms with E-state index in [4.69, 9.17) is 4.74 Å². The number of hydrogen-bond acceptors (Lipinski definition) is 5. The molecule has 132 valence electrons. The molecule has 0 unspecified atom stereocenters. The lowest BCUT2D eigenvalue weighted by Crippen LogP contribution is -2.35. The van der Waals surface area contributed by atoms with Gasteiger partial charge in [0.25, 0.3) is 5.91 Å². The van der Waals surface area contributed by atoms with Crippen LogP contribution in [0, 0.1) is 5.92 Å². The van der Waals surface area contributed by atoms with Crippen molar-refractivity contribution < 1.29 is 9.53 Å². The molecule has 3 rings (SSSR count). The summed E-state index contributed by atoms with van der Waals surface area (Å²) in [6.07, 6.45) is 3.86. The summed E-state index contributed by atoms with van der Waals surface area (Å²) in [5, 5.41) is 3.99. The monoisotopic (exact) mass is 333 g/mol. The number of ether oxygens (including phenoxy) is 1. The van der Waals surface area contributed by atoms with Crippen molar-refractivity contribution in [3.8, 4) is 0 Å². The van der Waals surface area contributed by atoms with Crippen molar-refractivity contribution in [2.75, 3.05) is 39.5 Å². The third-order valence-corrected chi connectivity index (χ3v) is 4.84. The van der Waals surface area contributed by atoms with Crippen LogP contribution in [0.5, 0.6) is 0 Å². The maximum Gasteiger partial charge on any atom is 0.275 e. The van der Waals surface area contributed by atoms with Crippen molar-refractivity contribution in [3.05, 3.63) is 17.7 Å². The third kappa shape index (κ3) is 3.52. The first kappa shape index (κ1) is 17.1. The van der Waals surface area contributed by atoms with Crippen LogP contribution in [0.2, 0.25) is 0 Å². The van der Waals surface area contributed by atoms with E-state index in [1.54, 1.807) is 10.9 Å². The van der Waals surface area contributed by atoms with E-state index in [1.807, 2.05) is 18.7 Å². The lowest BCUT2D eigenvalue weighted by molar-refractivity contribution is 0.0518. The molecule has 2 fully saturated rings. The Labute approximate surface area is 143 Å². The molecule has 0 atom stereocenters. The topological polar surface area (TPSA) is 63.0 Å². The molecule has 24 heavy (non-hydrogen) atoms. The first-order chi connectivity index (χ1) is 11.6. The van der Waals surface area contributed by atoms with Crippen molar-refractivity contribution in [1.29, 1.82) is 0 Å². The Hall–Kier alpha value is -1.73. The average molecular weight is 333 g/mol. The summed E-state index contributed by atoms with van der Waals surface area (Å²) in [4.78, 5) is 21.4. The number of carbonyl (C=O) groups is 1. The summed E-state index contributed by atoms with van der Waals surface area (Å²) < 4.78 is 7.00. The van der Waals surface area contributed by atoms with Crippen molar-refractivity contribution in [1.82, 2.24) is 19.5 Å². The van der Waals surface area contributed by atoms with Gasteiger partial charge < -0.3 is 9.64 Å². The normalized spacial score (nSPS) is 20.0. The van der Waals surface area contributed by atoms with Crippen molar-refractivity contribution in [2.45, 2.75) is 32.6 Å². The van der Waals surface area contributed by atoms with Crippen LogP contribution in [-0.2, 0) is 4.74 Å². The SMILES string of the molecule is C=Nn1c(C(=O)N2CCN(CC3CCOCC3)C2)cnc1C(C)C. The van der Waals surface area contributed by atoms with E-state index in [-0.39, 0.29) is 11.8 Å². The Morgan fingerprint density at radius 1 is 1.42 bits per heavy atom. The molecule has 0 N–H and O–H groups in total. The van der Waals surface area contributed by atoms with E-state index < -0.39 is 0 Å². The average Bonchev–Trinajstić information content (AvgIpc) is 3.21. The van der Waals surface area contributed by atoms with Crippen LogP contribution < -0.4 is 0 Å². The minimum atomic E-state index is -0.0173. The Balaban J connectivity index is 1.63. The predicted octanol–water partition coefficient (Wildman–Crippen LogP) is 1.61. The molecule has 2 saturated heterocycles. The van der Waals surface area contributed by atoms with Crippen LogP contribution >= 0.6 is 0 Å². The summed E-state index contributed by atoms with van der Waals surface area (Å²) in [6, 6.07) is 0. The Morgan fingerprint density at radius 2 is 2.17 bits per heavy atom. The molecule has 7 nitrogen and oxygen atoms in total. The second-order valence-corrected chi connectivity index (χ2v) is 6.95. The van der Waals surface area contributed by atoms with Crippen LogP contribution in [-0.4, -0.2) is 71.6 Å². The minimum absolute atomic E-state index is 0.0173. The highest BCUT2D eigenvalue weighted by molar-refractivity contribution is 5.92. The molecular formula is C17H27N5O2. The van der Waals surface area contributed by atoms with E-state index >= 15 is 0 Å². The second kappa shape index (κ2) is 7.44. The number of nitrogens with zero attached hydrogens (tertiary/aromatic N) is 5. The van der Waals surface area contributed by atoms with Gasteiger partial charge in [-0.3, -0.25) is 9.69 Å². The standard InChI is InChI=1S/C17H27N5O2/c1-13(2)16-19-10-15(22(16)18-3)17(23)21-7-6-20(12-21)11-14-4-8-24-9-5-14/h10,13-14H,3-9,11-12H2,1-2H3. The number of hydrogen-bond donors (Lipinski definition) is 0. The molecule has 0 spiro atoms. The minimum Gasteiger partial charge on any atom is -0.381 e. The van der Waals surface area contributed by atoms with Gasteiger partial charge in [-0.25, -0.2) is 9.66 Å². The zero-order valence-corrected chi connectivity index (χ0v) is 14.6. The van der Waals surface area contributed by atoms with Gasteiger partial charge in [-0.1, -0.05) is 13.8 Å². The van der Waals surface area contributed by atoms with Gasteiger partial charge in [0.05, 0.1) is 12.9 Å². The van der Waals surface area contributed by atoms with E-state index in [9.17, 15) is 4.79 Å². The predicted molar refractivity (Wildman–Crippen MR) is 92.3 cm³/mol. The van der Waals surface area contributed by atoms with Crippen LogP contribution in [0.1, 0.15) is 48.9 Å². The zero-order chi connectivity index (χ0) is 17.1. The van der Waals surface area contributed by atoms with Crippen LogP contribution in [0.3, 0.4) is 0 Å². The van der Waals surface area contributed by atoms with E-state index in [1.165, 1.54) is 0 Å². The fraction of sp³-hybridized carbons (Fsp3) is 0.706. The molecule has 0 bridgehead atoms. The van der Waals surface area contributed by atoms with Gasteiger partial charge in [-0.2, -0.15) is 5.10 Å². The zero-order valence-electron chi connectivity index (χ0n) is 14.6. The molecular weight excluding hydrogens is 306 g/mol. The number of imidazole rings is 1. The summed E-state index contributed by atoms with van der Waals surface area (Å²) in [6.45, 7) is 12.8. The van der Waals surface area contributed by atoms with Gasteiger partial charge in [0.1, 0.15) is 11.5 Å². The van der Waals surface area contributed by atoms with Gasteiger partial charge in [0, 0.05) is 45.5 Å². The maximum atomic E-state index is 12.8. The summed E-state index contributed by atoms with van der Waals surface area (Å²) in [5.41, 5.74) is 0.501. The summed E-state index contributed by atoms with van der Waals surface area (Å²) >= 11 is 0. The fourth-order valence-corrected chi connectivity index (χ4v) is 3.46. The molecule has 0 aliphatic carbocycles. The molecule has 0 saturated carbocycles. The Morgan fingerprint density at radius 3 is 2.83 bits per heavy atom. The van der Waals surface area contributed by atoms with Crippen LogP contribution in [0.25, 0.3) is 0 Å². The molecule has 2 aliphatic rings. The van der Waals surface area contributed by atoms with Gasteiger partial charge in [-0.15, -0.1) is 0 Å². The second-order valence-electron chi connectivity index (χ2n) is 6.95. The highest BCUT2D eigenvalue weighted by Crippen LogP contribution is 2.20. The van der Waals surface area contributed by atoms with Crippen LogP contribution in [0.4, 0.5) is 0 Å². The molecule has 3 heterocycles. The van der Waals surface area contributed by atoms with Gasteiger partial charge in [0.15, 0.2) is 0 Å². The smallest absolute Gasteiger partial charge is 0.275 e. The highest BCUT2D eigenvalue weighted by Gasteiger charge is 2.30. The lowest BCUT2D eigenvalue weighted by atomic mass is 10.00. The van der Waals surface area contributed by atoms with Crippen molar-refractivity contribution in [2.24, 2.45) is 11.0 Å².